The van der Waals surface area contributed by atoms with Crippen molar-refractivity contribution >= 4 is 16.7 Å². The summed E-state index contributed by atoms with van der Waals surface area (Å²) in [4.78, 5) is 0. The van der Waals surface area contributed by atoms with Crippen molar-refractivity contribution in [3.05, 3.63) is 47.9 Å². The van der Waals surface area contributed by atoms with E-state index in [1.54, 1.807) is 19.1 Å². The van der Waals surface area contributed by atoms with Gasteiger partial charge in [0.2, 0.25) is 0 Å². The largest absolute Gasteiger partial charge is 0.387 e. The Morgan fingerprint density at radius 2 is 2.15 bits per heavy atom. The second-order valence-electron chi connectivity index (χ2n) is 5.43. The topological polar surface area (TPSA) is 41.5 Å². The van der Waals surface area contributed by atoms with Crippen molar-refractivity contribution in [2.24, 2.45) is 4.40 Å². The van der Waals surface area contributed by atoms with Crippen LogP contribution in [0.25, 0.3) is 0 Å². The van der Waals surface area contributed by atoms with Crippen molar-refractivity contribution in [3.63, 3.8) is 0 Å². The van der Waals surface area contributed by atoms with Crippen LogP contribution in [-0.4, -0.2) is 14.7 Å². The molecule has 0 heterocycles. The van der Waals surface area contributed by atoms with Crippen LogP contribution >= 0.6 is 0 Å². The highest BCUT2D eigenvalue weighted by Gasteiger charge is 2.19. The van der Waals surface area contributed by atoms with Crippen LogP contribution in [-0.2, 0) is 17.5 Å². The third-order valence-corrected chi connectivity index (χ3v) is 4.13. The maximum absolute atomic E-state index is 13.6. The molecule has 1 atom stereocenters. The van der Waals surface area contributed by atoms with Crippen LogP contribution in [0.2, 0.25) is 0 Å². The van der Waals surface area contributed by atoms with Crippen LogP contribution < -0.4 is 5.32 Å². The second-order valence-corrected chi connectivity index (χ2v) is 7.34. The molecule has 0 spiro atoms. The number of benzene rings is 1. The zero-order chi connectivity index (χ0) is 15.3. The molecule has 110 valence electrons. The lowest BCUT2D eigenvalue weighted by Gasteiger charge is -2.14. The molecule has 1 N–H and O–H groups in total. The van der Waals surface area contributed by atoms with Gasteiger partial charge in [-0.25, -0.2) is 8.60 Å². The molecule has 0 aliphatic heterocycles. The summed E-state index contributed by atoms with van der Waals surface area (Å²) < 4.78 is 29.4. The van der Waals surface area contributed by atoms with Crippen molar-refractivity contribution in [2.75, 3.05) is 0 Å². The predicted octanol–water partition coefficient (Wildman–Crippen LogP) is 3.33. The average Bonchev–Trinajstić information content (AvgIpc) is 2.36. The van der Waals surface area contributed by atoms with E-state index >= 15 is 0 Å². The molecular formula is C15H21FN2OS. The molecule has 1 aromatic rings. The first kappa shape index (κ1) is 16.6. The van der Waals surface area contributed by atoms with Crippen molar-refractivity contribution in [3.8, 4) is 0 Å². The Hall–Kier alpha value is -1.49. The maximum Gasteiger partial charge on any atom is 0.145 e. The summed E-state index contributed by atoms with van der Waals surface area (Å²) in [5, 5.41) is 2.86. The molecule has 0 aromatic heterocycles. The molecule has 0 radical (unpaired) electrons. The lowest BCUT2D eigenvalue weighted by Crippen LogP contribution is -2.20. The van der Waals surface area contributed by atoms with Gasteiger partial charge in [0.05, 0.1) is 10.5 Å². The fourth-order valence-corrected chi connectivity index (χ4v) is 2.06. The number of nitrogens with one attached hydrogen (secondary N) is 1. The predicted molar refractivity (Wildman–Crippen MR) is 83.5 cm³/mol. The summed E-state index contributed by atoms with van der Waals surface area (Å²) in [6, 6.07) is 4.75. The summed E-state index contributed by atoms with van der Waals surface area (Å²) in [6.07, 6.45) is 1.52. The van der Waals surface area contributed by atoms with Crippen LogP contribution in [0.1, 0.15) is 38.8 Å². The van der Waals surface area contributed by atoms with Crippen LogP contribution in [0.4, 0.5) is 4.39 Å². The number of hydrogen-bond acceptors (Lipinski definition) is 2. The number of nitrogens with zero attached hydrogens (tertiary/aromatic N) is 1. The molecule has 0 saturated carbocycles. The first-order valence-electron chi connectivity index (χ1n) is 6.36. The molecule has 0 fully saturated rings. The van der Waals surface area contributed by atoms with Crippen LogP contribution in [0, 0.1) is 5.82 Å². The molecule has 0 aliphatic carbocycles. The van der Waals surface area contributed by atoms with Gasteiger partial charge >= 0.3 is 0 Å². The van der Waals surface area contributed by atoms with Crippen LogP contribution in [0.5, 0.6) is 0 Å². The van der Waals surface area contributed by atoms with Gasteiger partial charge in [-0.15, -0.1) is 0 Å². The highest BCUT2D eigenvalue weighted by molar-refractivity contribution is 7.85. The third-order valence-electron chi connectivity index (χ3n) is 2.64. The van der Waals surface area contributed by atoms with Gasteiger partial charge in [0.15, 0.2) is 0 Å². The average molecular weight is 296 g/mol. The Morgan fingerprint density at radius 1 is 1.50 bits per heavy atom. The van der Waals surface area contributed by atoms with Gasteiger partial charge in [-0.2, -0.15) is 4.40 Å². The Labute approximate surface area is 122 Å². The first-order chi connectivity index (χ1) is 9.25. The minimum absolute atomic E-state index is 0.284. The van der Waals surface area contributed by atoms with E-state index in [9.17, 15) is 8.60 Å². The van der Waals surface area contributed by atoms with Gasteiger partial charge in [0.25, 0.3) is 0 Å². The molecule has 0 unspecified atom stereocenters. The monoisotopic (exact) mass is 296 g/mol. The molecule has 3 nitrogen and oxygen atoms in total. The van der Waals surface area contributed by atoms with E-state index in [1.807, 2.05) is 20.8 Å². The summed E-state index contributed by atoms with van der Waals surface area (Å²) in [5.41, 5.74) is 1.93. The van der Waals surface area contributed by atoms with E-state index in [1.165, 1.54) is 12.3 Å². The van der Waals surface area contributed by atoms with Crippen molar-refractivity contribution in [1.29, 1.82) is 0 Å². The van der Waals surface area contributed by atoms with Crippen molar-refractivity contribution in [2.45, 2.75) is 39.0 Å². The summed E-state index contributed by atoms with van der Waals surface area (Å²) in [5.74, 6) is -0.284. The van der Waals surface area contributed by atoms with E-state index in [4.69, 9.17) is 0 Å². The molecule has 0 bridgehead atoms. The molecule has 1 rings (SSSR count). The van der Waals surface area contributed by atoms with E-state index in [-0.39, 0.29) is 5.82 Å². The van der Waals surface area contributed by atoms with E-state index < -0.39 is 15.7 Å². The molecule has 0 saturated heterocycles. The summed E-state index contributed by atoms with van der Waals surface area (Å²) in [7, 11) is -1.32. The smallest absolute Gasteiger partial charge is 0.145 e. The highest BCUT2D eigenvalue weighted by Crippen LogP contribution is 2.16. The molecule has 0 amide bonds. The SMILES string of the molecule is C=CNCc1cc(/C(C)=N/[S@@](=O)C(C)(C)C)ccc1F. The standard InChI is InChI=1S/C15H21FN2OS/c1-6-17-10-13-9-12(7-8-14(13)16)11(2)18-20(19)15(3,4)5/h6-9,17H,1,10H2,2-5H3/b18-11+/t20-/m0/s1. The second kappa shape index (κ2) is 6.79. The van der Waals surface area contributed by atoms with E-state index in [0.29, 0.717) is 17.8 Å². The Balaban J connectivity index is 3.04. The molecule has 20 heavy (non-hydrogen) atoms. The van der Waals surface area contributed by atoms with Gasteiger partial charge < -0.3 is 5.32 Å². The maximum atomic E-state index is 13.6. The number of rotatable bonds is 5. The van der Waals surface area contributed by atoms with E-state index in [2.05, 4.69) is 16.3 Å². The third kappa shape index (κ3) is 4.56. The number of hydrogen-bond donors (Lipinski definition) is 1. The minimum atomic E-state index is -1.32. The van der Waals surface area contributed by atoms with Gasteiger partial charge in [0.1, 0.15) is 16.8 Å². The van der Waals surface area contributed by atoms with E-state index in [0.717, 1.165) is 5.56 Å². The Bertz CT molecular complexity index is 547. The molecular weight excluding hydrogens is 275 g/mol. The Morgan fingerprint density at radius 3 is 2.70 bits per heavy atom. The van der Waals surface area contributed by atoms with Gasteiger partial charge in [-0.05, 0) is 51.6 Å². The lowest BCUT2D eigenvalue weighted by molar-refractivity contribution is 0.604. The van der Waals surface area contributed by atoms with Gasteiger partial charge in [-0.1, -0.05) is 12.6 Å². The first-order valence-corrected chi connectivity index (χ1v) is 7.46. The normalized spacial score (nSPS) is 13.9. The lowest BCUT2D eigenvalue weighted by atomic mass is 10.1. The minimum Gasteiger partial charge on any atom is -0.387 e. The highest BCUT2D eigenvalue weighted by atomic mass is 32.2. The fourth-order valence-electron chi connectivity index (χ4n) is 1.43. The van der Waals surface area contributed by atoms with Crippen LogP contribution in [0.15, 0.2) is 35.4 Å². The van der Waals surface area contributed by atoms with Crippen molar-refractivity contribution in [1.82, 2.24) is 5.32 Å². The fraction of sp³-hybridized carbons (Fsp3) is 0.400. The van der Waals surface area contributed by atoms with Crippen molar-refractivity contribution < 1.29 is 8.60 Å². The molecule has 1 aromatic carbocycles. The summed E-state index contributed by atoms with van der Waals surface area (Å²) in [6.45, 7) is 11.3. The molecule has 5 heteroatoms. The quantitative estimate of drug-likeness (QED) is 0.847. The summed E-state index contributed by atoms with van der Waals surface area (Å²) >= 11 is 0. The molecule has 0 aliphatic rings. The Kier molecular flexibility index (Phi) is 5.62. The van der Waals surface area contributed by atoms with Gasteiger partial charge in [-0.3, -0.25) is 0 Å². The zero-order valence-corrected chi connectivity index (χ0v) is 13.2. The van der Waals surface area contributed by atoms with Crippen LogP contribution in [0.3, 0.4) is 0 Å². The zero-order valence-electron chi connectivity index (χ0n) is 12.4. The van der Waals surface area contributed by atoms with Gasteiger partial charge in [0, 0.05) is 12.1 Å². The number of halogens is 1.